The average Bonchev–Trinajstić information content (AvgIpc) is 2.92. The van der Waals surface area contributed by atoms with Gasteiger partial charge in [0.1, 0.15) is 6.04 Å². The van der Waals surface area contributed by atoms with Crippen LogP contribution in [0.4, 0.5) is 4.79 Å². The van der Waals surface area contributed by atoms with Gasteiger partial charge >= 0.3 is 6.03 Å². The Kier molecular flexibility index (Phi) is 4.98. The third-order valence-electron chi connectivity index (χ3n) is 3.42. The molecule has 3 amide bonds. The first-order valence-electron chi connectivity index (χ1n) is 6.85. The molecule has 0 radical (unpaired) electrons. The van der Waals surface area contributed by atoms with Crippen molar-refractivity contribution >= 4 is 11.9 Å². The Bertz CT molecular complexity index is 331. The normalized spacial score (nSPS) is 27.1. The fourth-order valence-corrected chi connectivity index (χ4v) is 2.38. The number of urea groups is 1. The van der Waals surface area contributed by atoms with Gasteiger partial charge in [-0.15, -0.1) is 0 Å². The van der Waals surface area contributed by atoms with E-state index < -0.39 is 6.04 Å². The Morgan fingerprint density at radius 1 is 1.47 bits per heavy atom. The fraction of sp³-hybridized carbons (Fsp3) is 0.833. The standard InChI is InChI=1S/C12H22N4O3/c1-2-14-11(17)10-7-13-4-5-16(10)12(18)15-9-3-6-19-8-9/h9-10,13H,2-8H2,1H3,(H,14,17)(H,15,18). The van der Waals surface area contributed by atoms with Crippen molar-refractivity contribution in [3.05, 3.63) is 0 Å². The predicted molar refractivity (Wildman–Crippen MR) is 69.8 cm³/mol. The lowest BCUT2D eigenvalue weighted by molar-refractivity contribution is -0.125. The molecule has 0 aromatic rings. The van der Waals surface area contributed by atoms with Gasteiger partial charge in [0.25, 0.3) is 0 Å². The second-order valence-corrected chi connectivity index (χ2v) is 4.82. The van der Waals surface area contributed by atoms with E-state index in [1.54, 1.807) is 4.90 Å². The van der Waals surface area contributed by atoms with Gasteiger partial charge in [-0.1, -0.05) is 0 Å². The lowest BCUT2D eigenvalue weighted by Gasteiger charge is -2.35. The molecule has 0 bridgehead atoms. The molecule has 2 unspecified atom stereocenters. The largest absolute Gasteiger partial charge is 0.379 e. The summed E-state index contributed by atoms with van der Waals surface area (Å²) in [4.78, 5) is 25.8. The van der Waals surface area contributed by atoms with Gasteiger partial charge in [0, 0.05) is 32.8 Å². The number of amides is 3. The molecule has 2 aliphatic rings. The molecule has 0 spiro atoms. The smallest absolute Gasteiger partial charge is 0.318 e. The van der Waals surface area contributed by atoms with Crippen molar-refractivity contribution in [1.82, 2.24) is 20.9 Å². The van der Waals surface area contributed by atoms with Gasteiger partial charge in [-0.25, -0.2) is 4.79 Å². The number of nitrogens with zero attached hydrogens (tertiary/aromatic N) is 1. The Labute approximate surface area is 113 Å². The van der Waals surface area contributed by atoms with Crippen LogP contribution in [-0.2, 0) is 9.53 Å². The van der Waals surface area contributed by atoms with Crippen LogP contribution in [0.2, 0.25) is 0 Å². The van der Waals surface area contributed by atoms with Crippen molar-refractivity contribution in [2.75, 3.05) is 39.4 Å². The Hall–Kier alpha value is -1.34. The van der Waals surface area contributed by atoms with Gasteiger partial charge in [-0.3, -0.25) is 4.79 Å². The van der Waals surface area contributed by atoms with Gasteiger partial charge in [-0.2, -0.15) is 0 Å². The molecule has 19 heavy (non-hydrogen) atoms. The molecule has 2 rings (SSSR count). The Morgan fingerprint density at radius 2 is 2.32 bits per heavy atom. The van der Waals surface area contributed by atoms with Crippen molar-refractivity contribution in [2.45, 2.75) is 25.4 Å². The first kappa shape index (κ1) is 14.1. The summed E-state index contributed by atoms with van der Waals surface area (Å²) in [5.74, 6) is -0.104. The van der Waals surface area contributed by atoms with Gasteiger partial charge in [0.2, 0.25) is 5.91 Å². The Morgan fingerprint density at radius 3 is 3.00 bits per heavy atom. The van der Waals surface area contributed by atoms with Crippen molar-refractivity contribution < 1.29 is 14.3 Å². The molecule has 7 nitrogen and oxygen atoms in total. The van der Waals surface area contributed by atoms with E-state index in [0.717, 1.165) is 6.42 Å². The summed E-state index contributed by atoms with van der Waals surface area (Å²) in [5.41, 5.74) is 0. The molecular weight excluding hydrogens is 248 g/mol. The van der Waals surface area contributed by atoms with Crippen molar-refractivity contribution in [2.24, 2.45) is 0 Å². The number of piperazine rings is 1. The minimum Gasteiger partial charge on any atom is -0.379 e. The van der Waals surface area contributed by atoms with Crippen LogP contribution >= 0.6 is 0 Å². The van der Waals surface area contributed by atoms with E-state index in [4.69, 9.17) is 4.74 Å². The number of likely N-dealkylation sites (N-methyl/N-ethyl adjacent to an activating group) is 1. The zero-order valence-corrected chi connectivity index (χ0v) is 11.3. The molecule has 0 saturated carbocycles. The number of carbonyl (C=O) groups is 2. The van der Waals surface area contributed by atoms with Crippen LogP contribution in [0, 0.1) is 0 Å². The molecule has 2 aliphatic heterocycles. The maximum absolute atomic E-state index is 12.2. The topological polar surface area (TPSA) is 82.7 Å². The number of hydrogen-bond donors (Lipinski definition) is 3. The highest BCUT2D eigenvalue weighted by atomic mass is 16.5. The maximum atomic E-state index is 12.2. The number of hydrogen-bond acceptors (Lipinski definition) is 4. The highest BCUT2D eigenvalue weighted by molar-refractivity contribution is 5.87. The van der Waals surface area contributed by atoms with Crippen LogP contribution in [0.3, 0.4) is 0 Å². The monoisotopic (exact) mass is 270 g/mol. The van der Waals surface area contributed by atoms with E-state index in [9.17, 15) is 9.59 Å². The minimum atomic E-state index is -0.434. The number of rotatable bonds is 3. The zero-order chi connectivity index (χ0) is 13.7. The summed E-state index contributed by atoms with van der Waals surface area (Å²) in [6.45, 7) is 5.44. The van der Waals surface area contributed by atoms with Gasteiger partial charge in [-0.05, 0) is 13.3 Å². The molecule has 0 aromatic carbocycles. The maximum Gasteiger partial charge on any atom is 0.318 e. The molecule has 0 aliphatic carbocycles. The third kappa shape index (κ3) is 3.57. The van der Waals surface area contributed by atoms with E-state index in [1.165, 1.54) is 0 Å². The molecule has 2 saturated heterocycles. The summed E-state index contributed by atoms with van der Waals surface area (Å²) < 4.78 is 5.23. The van der Waals surface area contributed by atoms with E-state index >= 15 is 0 Å². The average molecular weight is 270 g/mol. The summed E-state index contributed by atoms with van der Waals surface area (Å²) in [6.07, 6.45) is 0.837. The van der Waals surface area contributed by atoms with Crippen LogP contribution in [0.15, 0.2) is 0 Å². The second kappa shape index (κ2) is 6.72. The number of ether oxygens (including phenoxy) is 1. The highest BCUT2D eigenvalue weighted by Crippen LogP contribution is 2.08. The van der Waals surface area contributed by atoms with Gasteiger partial charge in [0.05, 0.1) is 12.6 Å². The summed E-state index contributed by atoms with van der Waals surface area (Å²) in [5, 5.41) is 8.84. The van der Waals surface area contributed by atoms with E-state index in [-0.39, 0.29) is 18.0 Å². The summed E-state index contributed by atoms with van der Waals surface area (Å²) in [6, 6.07) is -0.540. The van der Waals surface area contributed by atoms with Crippen LogP contribution in [0.1, 0.15) is 13.3 Å². The van der Waals surface area contributed by atoms with Gasteiger partial charge < -0.3 is 25.6 Å². The van der Waals surface area contributed by atoms with Crippen molar-refractivity contribution in [3.8, 4) is 0 Å². The number of carbonyl (C=O) groups excluding carboxylic acids is 2. The van der Waals surface area contributed by atoms with Gasteiger partial charge in [0.15, 0.2) is 0 Å². The highest BCUT2D eigenvalue weighted by Gasteiger charge is 2.33. The quantitative estimate of drug-likeness (QED) is 0.607. The lowest BCUT2D eigenvalue weighted by Crippen LogP contribution is -2.62. The fourth-order valence-electron chi connectivity index (χ4n) is 2.38. The molecule has 3 N–H and O–H groups in total. The van der Waals surface area contributed by atoms with E-state index in [1.807, 2.05) is 6.92 Å². The minimum absolute atomic E-state index is 0.0669. The van der Waals surface area contributed by atoms with Crippen LogP contribution < -0.4 is 16.0 Å². The van der Waals surface area contributed by atoms with Crippen molar-refractivity contribution in [1.29, 1.82) is 0 Å². The first-order valence-corrected chi connectivity index (χ1v) is 6.85. The SMILES string of the molecule is CCNC(=O)C1CNCCN1C(=O)NC1CCOC1. The lowest BCUT2D eigenvalue weighted by atomic mass is 10.2. The molecule has 2 fully saturated rings. The summed E-state index contributed by atoms with van der Waals surface area (Å²) >= 11 is 0. The molecule has 0 aromatic heterocycles. The van der Waals surface area contributed by atoms with E-state index in [0.29, 0.717) is 39.4 Å². The van der Waals surface area contributed by atoms with Crippen LogP contribution in [-0.4, -0.2) is 68.3 Å². The van der Waals surface area contributed by atoms with E-state index in [2.05, 4.69) is 16.0 Å². The Balaban J connectivity index is 1.93. The second-order valence-electron chi connectivity index (χ2n) is 4.82. The molecule has 108 valence electrons. The summed E-state index contributed by atoms with van der Waals surface area (Å²) in [7, 11) is 0. The predicted octanol–water partition coefficient (Wildman–Crippen LogP) is -1.11. The molecular formula is C12H22N4O3. The molecule has 2 atom stereocenters. The number of nitrogens with one attached hydrogen (secondary N) is 3. The molecule has 2 heterocycles. The molecule has 7 heteroatoms. The zero-order valence-electron chi connectivity index (χ0n) is 11.3. The van der Waals surface area contributed by atoms with Crippen LogP contribution in [0.5, 0.6) is 0 Å². The van der Waals surface area contributed by atoms with Crippen molar-refractivity contribution in [3.63, 3.8) is 0 Å². The van der Waals surface area contributed by atoms with Crippen LogP contribution in [0.25, 0.3) is 0 Å². The third-order valence-corrected chi connectivity index (χ3v) is 3.42. The first-order chi connectivity index (χ1) is 9.22.